The van der Waals surface area contributed by atoms with Crippen molar-refractivity contribution in [3.63, 3.8) is 0 Å². The SMILES string of the molecule is CN(C)C(=O)CN=C(NC1CCCCC1)NC1CCN(CC(F)(F)F)C1. The molecule has 9 heteroatoms. The van der Waals surface area contributed by atoms with E-state index in [1.165, 1.54) is 16.2 Å². The summed E-state index contributed by atoms with van der Waals surface area (Å²) in [5.74, 6) is 0.422. The first kappa shape index (κ1) is 20.8. The maximum Gasteiger partial charge on any atom is 0.401 e. The molecule has 6 nitrogen and oxygen atoms in total. The summed E-state index contributed by atoms with van der Waals surface area (Å²) in [5, 5.41) is 6.60. The van der Waals surface area contributed by atoms with Crippen LogP contribution >= 0.6 is 0 Å². The van der Waals surface area contributed by atoms with Crippen molar-refractivity contribution < 1.29 is 18.0 Å². The number of alkyl halides is 3. The van der Waals surface area contributed by atoms with Crippen LogP contribution < -0.4 is 10.6 Å². The van der Waals surface area contributed by atoms with E-state index in [0.29, 0.717) is 31.5 Å². The lowest BCUT2D eigenvalue weighted by atomic mass is 9.96. The molecule has 2 aliphatic rings. The number of likely N-dealkylation sites (tertiary alicyclic amines) is 1. The molecule has 1 saturated carbocycles. The minimum Gasteiger partial charge on any atom is -0.354 e. The molecule has 1 aliphatic heterocycles. The first-order valence-electron chi connectivity index (χ1n) is 9.30. The number of rotatable bonds is 5. The van der Waals surface area contributed by atoms with Gasteiger partial charge in [0.15, 0.2) is 5.96 Å². The summed E-state index contributed by atoms with van der Waals surface area (Å²) in [6.45, 7) is -0.127. The molecule has 150 valence electrons. The van der Waals surface area contributed by atoms with Gasteiger partial charge in [0, 0.05) is 39.3 Å². The van der Waals surface area contributed by atoms with Gasteiger partial charge in [-0.1, -0.05) is 19.3 Å². The van der Waals surface area contributed by atoms with Gasteiger partial charge in [0.05, 0.1) is 6.54 Å². The number of guanidine groups is 1. The Morgan fingerprint density at radius 2 is 1.77 bits per heavy atom. The van der Waals surface area contributed by atoms with Crippen LogP contribution in [0.25, 0.3) is 0 Å². The van der Waals surface area contributed by atoms with Crippen LogP contribution in [0.5, 0.6) is 0 Å². The Kier molecular flexibility index (Phi) is 7.55. The Bertz CT molecular complexity index is 489. The number of aliphatic imine (C=N–C) groups is 1. The molecule has 0 bridgehead atoms. The Balaban J connectivity index is 1.92. The molecular formula is C17H30F3N5O. The topological polar surface area (TPSA) is 60.0 Å². The summed E-state index contributed by atoms with van der Waals surface area (Å²) in [7, 11) is 3.34. The van der Waals surface area contributed by atoms with E-state index in [1.54, 1.807) is 14.1 Å². The monoisotopic (exact) mass is 377 g/mol. The van der Waals surface area contributed by atoms with Crippen LogP contribution in [0.2, 0.25) is 0 Å². The van der Waals surface area contributed by atoms with Gasteiger partial charge in [0.2, 0.25) is 5.91 Å². The summed E-state index contributed by atoms with van der Waals surface area (Å²) in [5.41, 5.74) is 0. The van der Waals surface area contributed by atoms with Crippen LogP contribution in [0.3, 0.4) is 0 Å². The largest absolute Gasteiger partial charge is 0.401 e. The molecule has 1 saturated heterocycles. The lowest BCUT2D eigenvalue weighted by molar-refractivity contribution is -0.143. The Morgan fingerprint density at radius 3 is 2.38 bits per heavy atom. The van der Waals surface area contributed by atoms with Gasteiger partial charge >= 0.3 is 6.18 Å². The zero-order chi connectivity index (χ0) is 19.2. The molecule has 0 aromatic heterocycles. The third-order valence-corrected chi connectivity index (χ3v) is 4.83. The number of likely N-dealkylation sites (N-methyl/N-ethyl adjacent to an activating group) is 1. The van der Waals surface area contributed by atoms with Crippen molar-refractivity contribution in [2.45, 2.75) is 56.8 Å². The zero-order valence-electron chi connectivity index (χ0n) is 15.6. The number of nitrogens with zero attached hydrogens (tertiary/aromatic N) is 3. The molecule has 1 unspecified atom stereocenters. The molecular weight excluding hydrogens is 347 g/mol. The van der Waals surface area contributed by atoms with E-state index in [1.807, 2.05) is 0 Å². The first-order chi connectivity index (χ1) is 12.2. The number of hydrogen-bond acceptors (Lipinski definition) is 3. The highest BCUT2D eigenvalue weighted by atomic mass is 19.4. The van der Waals surface area contributed by atoms with Crippen LogP contribution in [0.15, 0.2) is 4.99 Å². The van der Waals surface area contributed by atoms with Gasteiger partial charge in [-0.05, 0) is 19.3 Å². The number of carbonyl (C=O) groups excluding carboxylic acids is 1. The van der Waals surface area contributed by atoms with Crippen LogP contribution in [0.1, 0.15) is 38.5 Å². The van der Waals surface area contributed by atoms with Gasteiger partial charge in [0.1, 0.15) is 6.54 Å². The van der Waals surface area contributed by atoms with E-state index in [-0.39, 0.29) is 18.5 Å². The zero-order valence-corrected chi connectivity index (χ0v) is 15.6. The normalized spacial score (nSPS) is 23.1. The van der Waals surface area contributed by atoms with E-state index >= 15 is 0 Å². The lowest BCUT2D eigenvalue weighted by Gasteiger charge is -2.27. The average Bonchev–Trinajstić information content (AvgIpc) is 2.98. The molecule has 0 spiro atoms. The quantitative estimate of drug-likeness (QED) is 0.564. The smallest absolute Gasteiger partial charge is 0.354 e. The van der Waals surface area contributed by atoms with Crippen LogP contribution in [0, 0.1) is 0 Å². The van der Waals surface area contributed by atoms with Crippen molar-refractivity contribution >= 4 is 11.9 Å². The van der Waals surface area contributed by atoms with E-state index in [0.717, 1.165) is 25.7 Å². The second-order valence-corrected chi connectivity index (χ2v) is 7.41. The minimum absolute atomic E-state index is 0.0219. The molecule has 0 radical (unpaired) electrons. The molecule has 2 fully saturated rings. The second-order valence-electron chi connectivity index (χ2n) is 7.41. The summed E-state index contributed by atoms with van der Waals surface area (Å²) < 4.78 is 37.7. The lowest BCUT2D eigenvalue weighted by Crippen LogP contribution is -2.49. The predicted octanol–water partition coefficient (Wildman–Crippen LogP) is 1.58. The van der Waals surface area contributed by atoms with Gasteiger partial charge in [-0.15, -0.1) is 0 Å². The van der Waals surface area contributed by atoms with Crippen molar-refractivity contribution in [1.29, 1.82) is 0 Å². The molecule has 0 aromatic carbocycles. The fourth-order valence-corrected chi connectivity index (χ4v) is 3.40. The van der Waals surface area contributed by atoms with Crippen molar-refractivity contribution in [2.24, 2.45) is 4.99 Å². The summed E-state index contributed by atoms with van der Waals surface area (Å²) in [6.07, 6.45) is 2.09. The van der Waals surface area contributed by atoms with Crippen molar-refractivity contribution in [2.75, 3.05) is 40.3 Å². The standard InChI is InChI=1S/C17H30F3N5O/c1-24(2)15(26)10-21-16(22-13-6-4-3-5-7-13)23-14-8-9-25(11-14)12-17(18,19)20/h13-14H,3-12H2,1-2H3,(H2,21,22,23). The number of amides is 1. The summed E-state index contributed by atoms with van der Waals surface area (Å²) in [6, 6.07) is 0.207. The van der Waals surface area contributed by atoms with Crippen LogP contribution in [-0.2, 0) is 4.79 Å². The van der Waals surface area contributed by atoms with Gasteiger partial charge < -0.3 is 15.5 Å². The van der Waals surface area contributed by atoms with Crippen molar-refractivity contribution in [3.05, 3.63) is 0 Å². The van der Waals surface area contributed by atoms with E-state index in [2.05, 4.69) is 15.6 Å². The Morgan fingerprint density at radius 1 is 1.12 bits per heavy atom. The number of carbonyl (C=O) groups is 1. The molecule has 26 heavy (non-hydrogen) atoms. The van der Waals surface area contributed by atoms with Crippen LogP contribution in [0.4, 0.5) is 13.2 Å². The van der Waals surface area contributed by atoms with E-state index in [9.17, 15) is 18.0 Å². The molecule has 1 amide bonds. The van der Waals surface area contributed by atoms with E-state index < -0.39 is 12.7 Å². The van der Waals surface area contributed by atoms with Gasteiger partial charge in [-0.3, -0.25) is 9.69 Å². The number of hydrogen-bond donors (Lipinski definition) is 2. The average molecular weight is 377 g/mol. The number of nitrogens with one attached hydrogen (secondary N) is 2. The fraction of sp³-hybridized carbons (Fsp3) is 0.882. The maximum atomic E-state index is 12.6. The third-order valence-electron chi connectivity index (χ3n) is 4.83. The Hall–Kier alpha value is -1.51. The molecule has 2 rings (SSSR count). The minimum atomic E-state index is -4.18. The highest BCUT2D eigenvalue weighted by Gasteiger charge is 2.34. The molecule has 2 N–H and O–H groups in total. The highest BCUT2D eigenvalue weighted by molar-refractivity contribution is 5.85. The number of halogens is 3. The third kappa shape index (κ3) is 7.39. The Labute approximate surface area is 153 Å². The van der Waals surface area contributed by atoms with Gasteiger partial charge in [-0.2, -0.15) is 13.2 Å². The van der Waals surface area contributed by atoms with Crippen molar-refractivity contribution in [3.8, 4) is 0 Å². The molecule has 1 atom stereocenters. The van der Waals surface area contributed by atoms with Crippen molar-refractivity contribution in [1.82, 2.24) is 20.4 Å². The molecule has 1 aliphatic carbocycles. The first-order valence-corrected chi connectivity index (χ1v) is 9.30. The van der Waals surface area contributed by atoms with Gasteiger partial charge in [-0.25, -0.2) is 4.99 Å². The van der Waals surface area contributed by atoms with Gasteiger partial charge in [0.25, 0.3) is 0 Å². The predicted molar refractivity (Wildman–Crippen MR) is 95.0 cm³/mol. The second kappa shape index (κ2) is 9.43. The van der Waals surface area contributed by atoms with Crippen LogP contribution in [-0.4, -0.2) is 80.2 Å². The summed E-state index contributed by atoms with van der Waals surface area (Å²) >= 11 is 0. The molecule has 0 aromatic rings. The highest BCUT2D eigenvalue weighted by Crippen LogP contribution is 2.20. The fourth-order valence-electron chi connectivity index (χ4n) is 3.40. The maximum absolute atomic E-state index is 12.6. The van der Waals surface area contributed by atoms with E-state index in [4.69, 9.17) is 0 Å². The summed E-state index contributed by atoms with van der Waals surface area (Å²) in [4.78, 5) is 19.1. The molecule has 1 heterocycles.